The molecular weight excluding hydrogens is 328 g/mol. The van der Waals surface area contributed by atoms with E-state index in [9.17, 15) is 5.11 Å². The fourth-order valence-electron chi connectivity index (χ4n) is 8.21. The third kappa shape index (κ3) is 2.68. The Balaban J connectivity index is 1.36. The molecule has 1 heteroatoms. The number of aliphatic hydroxyl groups is 1. The SMILES string of the molecule is CC=C1CC[C@H]2[C@@H]3CC[C@H]4C[C@@](O)(c5ccccc5)CC[C@@H]4[C@H]3CC[C@]12C. The molecule has 0 amide bonds. The summed E-state index contributed by atoms with van der Waals surface area (Å²) in [5.41, 5.74) is 2.83. The van der Waals surface area contributed by atoms with E-state index in [0.717, 1.165) is 48.0 Å². The Kier molecular flexibility index (Phi) is 4.31. The zero-order chi connectivity index (χ0) is 18.6. The summed E-state index contributed by atoms with van der Waals surface area (Å²) in [5.74, 6) is 4.41. The fourth-order valence-corrected chi connectivity index (χ4v) is 8.21. The second-order valence-corrected chi connectivity index (χ2v) is 10.4. The van der Waals surface area contributed by atoms with Crippen molar-refractivity contribution in [1.82, 2.24) is 0 Å². The maximum absolute atomic E-state index is 11.4. The van der Waals surface area contributed by atoms with Gasteiger partial charge in [-0.15, -0.1) is 0 Å². The zero-order valence-corrected chi connectivity index (χ0v) is 17.2. The van der Waals surface area contributed by atoms with E-state index in [0.29, 0.717) is 5.41 Å². The van der Waals surface area contributed by atoms with Gasteiger partial charge < -0.3 is 5.11 Å². The van der Waals surface area contributed by atoms with E-state index in [1.54, 1.807) is 5.57 Å². The Morgan fingerprint density at radius 3 is 2.48 bits per heavy atom. The summed E-state index contributed by atoms with van der Waals surface area (Å²) >= 11 is 0. The largest absolute Gasteiger partial charge is 0.385 e. The van der Waals surface area contributed by atoms with Crippen LogP contribution in [0.2, 0.25) is 0 Å². The molecule has 1 aromatic rings. The minimum absolute atomic E-state index is 0.502. The third-order valence-electron chi connectivity index (χ3n) is 9.52. The van der Waals surface area contributed by atoms with Crippen molar-refractivity contribution >= 4 is 0 Å². The minimum atomic E-state index is -0.579. The van der Waals surface area contributed by atoms with E-state index in [4.69, 9.17) is 0 Å². The molecule has 0 spiro atoms. The van der Waals surface area contributed by atoms with Crippen LogP contribution in [0.25, 0.3) is 0 Å². The molecule has 0 unspecified atom stereocenters. The standard InChI is InChI=1S/C26H36O/c1-3-19-10-12-24-23-11-9-18-17-26(27,20-7-5-4-6-8-20)16-14-21(18)22(23)13-15-25(19,24)2/h3-8,18,21-24,27H,9-17H2,1-2H3/t18-,21-,22+,23+,24-,25+,26+/m0/s1. The first-order valence-corrected chi connectivity index (χ1v) is 11.5. The zero-order valence-electron chi connectivity index (χ0n) is 17.2. The van der Waals surface area contributed by atoms with Gasteiger partial charge in [-0.3, -0.25) is 0 Å². The summed E-state index contributed by atoms with van der Waals surface area (Å²) < 4.78 is 0. The molecule has 7 atom stereocenters. The maximum atomic E-state index is 11.4. The molecule has 1 N–H and O–H groups in total. The highest BCUT2D eigenvalue weighted by Crippen LogP contribution is 2.64. The second kappa shape index (κ2) is 6.48. The van der Waals surface area contributed by atoms with E-state index in [2.05, 4.69) is 50.3 Å². The van der Waals surface area contributed by atoms with Crippen molar-refractivity contribution in [3.8, 4) is 0 Å². The fraction of sp³-hybridized carbons (Fsp3) is 0.692. The number of rotatable bonds is 1. The number of hydrogen-bond donors (Lipinski definition) is 1. The van der Waals surface area contributed by atoms with Crippen molar-refractivity contribution in [2.24, 2.45) is 35.0 Å². The van der Waals surface area contributed by atoms with Gasteiger partial charge in [-0.2, -0.15) is 0 Å². The highest BCUT2D eigenvalue weighted by molar-refractivity contribution is 5.25. The van der Waals surface area contributed by atoms with Crippen LogP contribution >= 0.6 is 0 Å². The summed E-state index contributed by atoms with van der Waals surface area (Å²) in [6.45, 7) is 4.84. The Morgan fingerprint density at radius 2 is 1.70 bits per heavy atom. The molecule has 0 saturated heterocycles. The summed E-state index contributed by atoms with van der Waals surface area (Å²) in [4.78, 5) is 0. The lowest BCUT2D eigenvalue weighted by Crippen LogP contribution is -2.49. The molecule has 0 heterocycles. The lowest BCUT2D eigenvalue weighted by Gasteiger charge is -2.56. The molecule has 1 nitrogen and oxygen atoms in total. The molecular formula is C26H36O. The molecule has 4 fully saturated rings. The molecule has 0 radical (unpaired) electrons. The Bertz CT molecular complexity index is 721. The molecule has 0 aromatic heterocycles. The maximum Gasteiger partial charge on any atom is 0.0899 e. The van der Waals surface area contributed by atoms with Crippen molar-refractivity contribution in [2.45, 2.75) is 77.2 Å². The quantitative estimate of drug-likeness (QED) is 0.566. The number of hydrogen-bond acceptors (Lipinski definition) is 1. The van der Waals surface area contributed by atoms with Crippen molar-refractivity contribution in [3.63, 3.8) is 0 Å². The van der Waals surface area contributed by atoms with Gasteiger partial charge in [0.2, 0.25) is 0 Å². The minimum Gasteiger partial charge on any atom is -0.385 e. The van der Waals surface area contributed by atoms with Crippen molar-refractivity contribution < 1.29 is 5.11 Å². The lowest BCUT2D eigenvalue weighted by atomic mass is 9.49. The van der Waals surface area contributed by atoms with Crippen LogP contribution in [0.3, 0.4) is 0 Å². The second-order valence-electron chi connectivity index (χ2n) is 10.4. The summed E-state index contributed by atoms with van der Waals surface area (Å²) in [7, 11) is 0. The Labute approximate surface area is 165 Å². The van der Waals surface area contributed by atoms with Gasteiger partial charge in [-0.25, -0.2) is 0 Å². The number of fused-ring (bicyclic) bond motifs is 5. The molecule has 4 aliphatic rings. The molecule has 4 saturated carbocycles. The van der Waals surface area contributed by atoms with Gasteiger partial charge in [0.25, 0.3) is 0 Å². The van der Waals surface area contributed by atoms with Gasteiger partial charge in [0.1, 0.15) is 0 Å². The predicted molar refractivity (Wildman–Crippen MR) is 111 cm³/mol. The average molecular weight is 365 g/mol. The van der Waals surface area contributed by atoms with E-state index in [-0.39, 0.29) is 0 Å². The molecule has 146 valence electrons. The first kappa shape index (κ1) is 18.0. The Morgan fingerprint density at radius 1 is 0.926 bits per heavy atom. The van der Waals surface area contributed by atoms with Gasteiger partial charge in [-0.1, -0.05) is 48.9 Å². The van der Waals surface area contributed by atoms with Crippen LogP contribution in [-0.4, -0.2) is 5.11 Å². The summed E-state index contributed by atoms with van der Waals surface area (Å²) in [6.07, 6.45) is 14.0. The molecule has 5 rings (SSSR count). The van der Waals surface area contributed by atoms with Crippen LogP contribution in [0, 0.1) is 35.0 Å². The van der Waals surface area contributed by atoms with E-state index in [1.807, 2.05) is 0 Å². The summed E-state index contributed by atoms with van der Waals surface area (Å²) in [6, 6.07) is 10.5. The first-order valence-electron chi connectivity index (χ1n) is 11.5. The highest BCUT2D eigenvalue weighted by Gasteiger charge is 2.56. The first-order chi connectivity index (χ1) is 13.0. The number of benzene rings is 1. The molecule has 27 heavy (non-hydrogen) atoms. The average Bonchev–Trinajstić information content (AvgIpc) is 3.04. The van der Waals surface area contributed by atoms with Gasteiger partial charge in [0.15, 0.2) is 0 Å². The van der Waals surface area contributed by atoms with Crippen LogP contribution in [-0.2, 0) is 5.60 Å². The van der Waals surface area contributed by atoms with Crippen molar-refractivity contribution in [3.05, 3.63) is 47.5 Å². The van der Waals surface area contributed by atoms with Crippen LogP contribution < -0.4 is 0 Å². The van der Waals surface area contributed by atoms with Crippen molar-refractivity contribution in [1.29, 1.82) is 0 Å². The van der Waals surface area contributed by atoms with E-state index in [1.165, 1.54) is 44.9 Å². The Hall–Kier alpha value is -1.08. The van der Waals surface area contributed by atoms with Gasteiger partial charge in [0, 0.05) is 0 Å². The van der Waals surface area contributed by atoms with E-state index >= 15 is 0 Å². The highest BCUT2D eigenvalue weighted by atomic mass is 16.3. The van der Waals surface area contributed by atoms with Crippen LogP contribution in [0.4, 0.5) is 0 Å². The van der Waals surface area contributed by atoms with Crippen molar-refractivity contribution in [2.75, 3.05) is 0 Å². The lowest BCUT2D eigenvalue weighted by molar-refractivity contribution is -0.100. The predicted octanol–water partition coefficient (Wildman–Crippen LogP) is 6.47. The monoisotopic (exact) mass is 364 g/mol. The van der Waals surface area contributed by atoms with Crippen LogP contribution in [0.5, 0.6) is 0 Å². The molecule has 0 bridgehead atoms. The smallest absolute Gasteiger partial charge is 0.0899 e. The molecule has 4 aliphatic carbocycles. The normalized spacial score (nSPS) is 48.0. The van der Waals surface area contributed by atoms with Gasteiger partial charge in [0.05, 0.1) is 5.60 Å². The van der Waals surface area contributed by atoms with Crippen LogP contribution in [0.1, 0.15) is 77.2 Å². The summed E-state index contributed by atoms with van der Waals surface area (Å²) in [5, 5.41) is 11.4. The molecule has 1 aromatic carbocycles. The van der Waals surface area contributed by atoms with E-state index < -0.39 is 5.60 Å². The third-order valence-corrected chi connectivity index (χ3v) is 9.52. The molecule has 0 aliphatic heterocycles. The van der Waals surface area contributed by atoms with Gasteiger partial charge in [-0.05, 0) is 105 Å². The topological polar surface area (TPSA) is 20.2 Å². The van der Waals surface area contributed by atoms with Gasteiger partial charge >= 0.3 is 0 Å². The van der Waals surface area contributed by atoms with Crippen LogP contribution in [0.15, 0.2) is 42.0 Å². The number of allylic oxidation sites excluding steroid dienone is 2.